The van der Waals surface area contributed by atoms with Crippen molar-refractivity contribution in [2.75, 3.05) is 17.2 Å². The maximum atomic E-state index is 12.5. The molecular formula is C25H21ClN4O3. The monoisotopic (exact) mass is 460 g/mol. The number of rotatable bonds is 7. The highest BCUT2D eigenvalue weighted by atomic mass is 35.5. The lowest BCUT2D eigenvalue weighted by Gasteiger charge is -2.08. The third-order valence-corrected chi connectivity index (χ3v) is 5.03. The van der Waals surface area contributed by atoms with Gasteiger partial charge in [0.1, 0.15) is 11.4 Å². The van der Waals surface area contributed by atoms with E-state index in [0.29, 0.717) is 40.0 Å². The maximum absolute atomic E-state index is 12.5. The minimum Gasteiger partial charge on any atom is -0.494 e. The Balaban J connectivity index is 1.36. The molecular weight excluding hydrogens is 440 g/mol. The Morgan fingerprint density at radius 2 is 1.70 bits per heavy atom. The number of carbonyl (C=O) groups is 2. The minimum absolute atomic E-state index is 0.251. The fourth-order valence-corrected chi connectivity index (χ4v) is 3.42. The molecule has 2 N–H and O–H groups in total. The average Bonchev–Trinajstić information content (AvgIpc) is 3.14. The van der Waals surface area contributed by atoms with Crippen LogP contribution in [0.5, 0.6) is 5.75 Å². The van der Waals surface area contributed by atoms with Crippen molar-refractivity contribution in [3.05, 3.63) is 95.4 Å². The molecule has 0 radical (unpaired) electrons. The van der Waals surface area contributed by atoms with Crippen molar-refractivity contribution in [2.45, 2.75) is 6.92 Å². The van der Waals surface area contributed by atoms with E-state index in [1.165, 1.54) is 6.08 Å². The number of ether oxygens (including phenoxy) is 1. The van der Waals surface area contributed by atoms with Gasteiger partial charge in [0.2, 0.25) is 5.91 Å². The van der Waals surface area contributed by atoms with Crippen LogP contribution < -0.4 is 15.4 Å². The number of nitrogens with zero attached hydrogens (tertiary/aromatic N) is 2. The smallest absolute Gasteiger partial charge is 0.255 e. The highest BCUT2D eigenvalue weighted by Crippen LogP contribution is 2.20. The number of carbonyl (C=O) groups excluding carboxylic acids is 2. The molecule has 2 aromatic heterocycles. The largest absolute Gasteiger partial charge is 0.494 e. The number of imidazole rings is 1. The molecule has 0 bridgehead atoms. The van der Waals surface area contributed by atoms with Gasteiger partial charge in [-0.3, -0.25) is 14.0 Å². The molecule has 0 unspecified atom stereocenters. The predicted octanol–water partition coefficient (Wildman–Crippen LogP) is 5.29. The number of amides is 2. The van der Waals surface area contributed by atoms with Gasteiger partial charge in [-0.25, -0.2) is 4.98 Å². The van der Waals surface area contributed by atoms with E-state index < -0.39 is 0 Å². The second-order valence-corrected chi connectivity index (χ2v) is 7.39. The Labute approximate surface area is 195 Å². The molecule has 0 spiro atoms. The van der Waals surface area contributed by atoms with Crippen LogP contribution in [0.2, 0.25) is 5.15 Å². The van der Waals surface area contributed by atoms with Crippen LogP contribution in [0.3, 0.4) is 0 Å². The number of hydrogen-bond donors (Lipinski definition) is 2. The van der Waals surface area contributed by atoms with E-state index in [0.717, 1.165) is 5.75 Å². The molecule has 2 amide bonds. The summed E-state index contributed by atoms with van der Waals surface area (Å²) >= 11 is 6.18. The molecule has 166 valence electrons. The second-order valence-electron chi connectivity index (χ2n) is 7.03. The van der Waals surface area contributed by atoms with Crippen molar-refractivity contribution >= 4 is 46.5 Å². The van der Waals surface area contributed by atoms with Crippen molar-refractivity contribution < 1.29 is 14.3 Å². The van der Waals surface area contributed by atoms with Crippen LogP contribution in [0.1, 0.15) is 23.0 Å². The second kappa shape index (κ2) is 10.0. The van der Waals surface area contributed by atoms with Crippen molar-refractivity contribution in [3.8, 4) is 5.75 Å². The third-order valence-electron chi connectivity index (χ3n) is 4.75. The fourth-order valence-electron chi connectivity index (χ4n) is 3.18. The molecule has 4 aromatic rings. The zero-order valence-electron chi connectivity index (χ0n) is 17.8. The lowest BCUT2D eigenvalue weighted by Crippen LogP contribution is -2.12. The first-order chi connectivity index (χ1) is 16.0. The average molecular weight is 461 g/mol. The maximum Gasteiger partial charge on any atom is 0.255 e. The summed E-state index contributed by atoms with van der Waals surface area (Å²) in [6, 6.07) is 19.3. The van der Waals surface area contributed by atoms with Gasteiger partial charge in [0.25, 0.3) is 5.91 Å². The van der Waals surface area contributed by atoms with E-state index >= 15 is 0 Å². The molecule has 0 aliphatic carbocycles. The van der Waals surface area contributed by atoms with Crippen LogP contribution in [0, 0.1) is 0 Å². The molecule has 4 rings (SSSR count). The van der Waals surface area contributed by atoms with E-state index in [2.05, 4.69) is 15.6 Å². The van der Waals surface area contributed by atoms with Crippen LogP contribution in [0.4, 0.5) is 11.4 Å². The Morgan fingerprint density at radius 1 is 1.00 bits per heavy atom. The fraction of sp³-hybridized carbons (Fsp3) is 0.0800. The number of halogens is 1. The van der Waals surface area contributed by atoms with Gasteiger partial charge in [0, 0.05) is 29.2 Å². The minimum atomic E-state index is -0.330. The molecule has 0 saturated heterocycles. The van der Waals surface area contributed by atoms with E-state index in [1.54, 1.807) is 59.0 Å². The zero-order chi connectivity index (χ0) is 23.2. The van der Waals surface area contributed by atoms with Gasteiger partial charge < -0.3 is 15.4 Å². The molecule has 0 aliphatic rings. The normalized spacial score (nSPS) is 11.0. The molecule has 0 atom stereocenters. The molecule has 8 heteroatoms. The lowest BCUT2D eigenvalue weighted by molar-refractivity contribution is -0.111. The van der Waals surface area contributed by atoms with E-state index in [-0.39, 0.29) is 11.8 Å². The van der Waals surface area contributed by atoms with E-state index in [4.69, 9.17) is 16.3 Å². The number of fused-ring (bicyclic) bond motifs is 1. The van der Waals surface area contributed by atoms with Gasteiger partial charge in [-0.05, 0) is 73.7 Å². The highest BCUT2D eigenvalue weighted by molar-refractivity contribution is 6.31. The van der Waals surface area contributed by atoms with E-state index in [1.807, 2.05) is 31.3 Å². The van der Waals surface area contributed by atoms with Crippen molar-refractivity contribution in [2.24, 2.45) is 0 Å². The van der Waals surface area contributed by atoms with Crippen molar-refractivity contribution in [3.63, 3.8) is 0 Å². The van der Waals surface area contributed by atoms with Crippen LogP contribution in [-0.2, 0) is 4.79 Å². The first-order valence-corrected chi connectivity index (χ1v) is 10.7. The van der Waals surface area contributed by atoms with Crippen molar-refractivity contribution in [1.82, 2.24) is 9.38 Å². The highest BCUT2D eigenvalue weighted by Gasteiger charge is 2.09. The molecule has 0 saturated carbocycles. The number of hydrogen-bond acceptors (Lipinski definition) is 4. The van der Waals surface area contributed by atoms with Crippen LogP contribution in [0.15, 0.2) is 79.0 Å². The number of anilines is 2. The van der Waals surface area contributed by atoms with Gasteiger partial charge in [0.05, 0.1) is 12.3 Å². The number of benzene rings is 2. The predicted molar refractivity (Wildman–Crippen MR) is 130 cm³/mol. The first kappa shape index (κ1) is 22.1. The topological polar surface area (TPSA) is 84.7 Å². The summed E-state index contributed by atoms with van der Waals surface area (Å²) in [6.45, 7) is 2.49. The van der Waals surface area contributed by atoms with Crippen molar-refractivity contribution in [1.29, 1.82) is 0 Å². The zero-order valence-corrected chi connectivity index (χ0v) is 18.5. The van der Waals surface area contributed by atoms with Gasteiger partial charge >= 0.3 is 0 Å². The lowest BCUT2D eigenvalue weighted by atomic mass is 10.2. The Hall–Kier alpha value is -4.10. The number of pyridine rings is 1. The first-order valence-electron chi connectivity index (χ1n) is 10.3. The standard InChI is InChI=1S/C25H21ClN4O3/c1-2-33-20-12-10-19(11-13-20)28-25(32)17-6-8-18(9-7-17)27-23(31)15-14-21-24(26)29-22-5-3-4-16-30(21)22/h3-16H,2H2,1H3,(H,27,31)(H,28,32)/b15-14+. The van der Waals surface area contributed by atoms with Gasteiger partial charge in [-0.15, -0.1) is 0 Å². The molecule has 0 fully saturated rings. The Morgan fingerprint density at radius 3 is 2.42 bits per heavy atom. The van der Waals surface area contributed by atoms with Gasteiger partial charge in [-0.1, -0.05) is 17.7 Å². The third kappa shape index (κ3) is 5.39. The number of aromatic nitrogens is 2. The summed E-state index contributed by atoms with van der Waals surface area (Å²) < 4.78 is 7.19. The molecule has 2 aromatic carbocycles. The summed E-state index contributed by atoms with van der Waals surface area (Å²) in [7, 11) is 0. The Bertz CT molecular complexity index is 1310. The quantitative estimate of drug-likeness (QED) is 0.367. The summed E-state index contributed by atoms with van der Waals surface area (Å²) in [5.41, 5.74) is 3.00. The van der Waals surface area contributed by atoms with Crippen LogP contribution in [0.25, 0.3) is 11.7 Å². The van der Waals surface area contributed by atoms with E-state index in [9.17, 15) is 9.59 Å². The SMILES string of the molecule is CCOc1ccc(NC(=O)c2ccc(NC(=O)/C=C/c3c(Cl)nc4ccccn34)cc2)cc1. The van der Waals surface area contributed by atoms with Gasteiger partial charge in [0.15, 0.2) is 5.15 Å². The molecule has 7 nitrogen and oxygen atoms in total. The molecule has 0 aliphatic heterocycles. The van der Waals surface area contributed by atoms with Crippen LogP contribution in [-0.4, -0.2) is 27.8 Å². The summed E-state index contributed by atoms with van der Waals surface area (Å²) in [4.78, 5) is 29.0. The Kier molecular flexibility index (Phi) is 6.71. The number of nitrogens with one attached hydrogen (secondary N) is 2. The summed E-state index contributed by atoms with van der Waals surface area (Å²) in [5, 5.41) is 5.90. The van der Waals surface area contributed by atoms with Gasteiger partial charge in [-0.2, -0.15) is 0 Å². The summed E-state index contributed by atoms with van der Waals surface area (Å²) in [6.07, 6.45) is 4.81. The molecule has 2 heterocycles. The molecule has 33 heavy (non-hydrogen) atoms. The summed E-state index contributed by atoms with van der Waals surface area (Å²) in [5.74, 6) is 0.163. The van der Waals surface area contributed by atoms with Crippen LogP contribution >= 0.6 is 11.6 Å².